The SMILES string of the molecule is C[C@@H](c1ccccc1)C1C=NC(Br)C1=O. The predicted octanol–water partition coefficient (Wildman–Crippen LogP) is 2.78. The third-order valence-electron chi connectivity index (χ3n) is 2.80. The standard InChI is InChI=1S/C12H12BrNO/c1-8(9-5-3-2-4-6-9)10-7-14-12(13)11(10)15/h2-8,10,12H,1H3/t8-,10?,12?/m0/s1. The maximum Gasteiger partial charge on any atom is 0.177 e. The molecule has 0 radical (unpaired) electrons. The highest BCUT2D eigenvalue weighted by molar-refractivity contribution is 9.10. The Morgan fingerprint density at radius 2 is 2.00 bits per heavy atom. The van der Waals surface area contributed by atoms with E-state index in [9.17, 15) is 4.79 Å². The van der Waals surface area contributed by atoms with Gasteiger partial charge in [-0.15, -0.1) is 0 Å². The zero-order valence-corrected chi connectivity index (χ0v) is 10.0. The molecule has 0 spiro atoms. The quantitative estimate of drug-likeness (QED) is 0.597. The third-order valence-corrected chi connectivity index (χ3v) is 3.49. The fraction of sp³-hybridized carbons (Fsp3) is 0.333. The summed E-state index contributed by atoms with van der Waals surface area (Å²) in [5.41, 5.74) is 1.18. The van der Waals surface area contributed by atoms with Gasteiger partial charge in [0.05, 0.1) is 5.92 Å². The number of Topliss-reactive ketones (excluding diaryl/α,β-unsaturated/α-hetero) is 1. The Kier molecular flexibility index (Phi) is 3.00. The van der Waals surface area contributed by atoms with Crippen molar-refractivity contribution in [2.45, 2.75) is 17.8 Å². The van der Waals surface area contributed by atoms with E-state index in [-0.39, 0.29) is 22.6 Å². The van der Waals surface area contributed by atoms with Gasteiger partial charge in [-0.25, -0.2) is 0 Å². The highest BCUT2D eigenvalue weighted by Crippen LogP contribution is 2.29. The molecular formula is C12H12BrNO. The van der Waals surface area contributed by atoms with Gasteiger partial charge in [-0.3, -0.25) is 9.79 Å². The number of carbonyl (C=O) groups is 1. The Bertz CT molecular complexity index is 388. The molecule has 2 unspecified atom stereocenters. The Labute approximate surface area is 97.5 Å². The van der Waals surface area contributed by atoms with Gasteiger partial charge >= 0.3 is 0 Å². The van der Waals surface area contributed by atoms with Crippen LogP contribution in [0.4, 0.5) is 0 Å². The van der Waals surface area contributed by atoms with E-state index in [1.807, 2.05) is 30.3 Å². The molecule has 3 atom stereocenters. The van der Waals surface area contributed by atoms with Gasteiger partial charge in [-0.05, 0) is 11.5 Å². The van der Waals surface area contributed by atoms with E-state index in [1.54, 1.807) is 6.21 Å². The van der Waals surface area contributed by atoms with Crippen LogP contribution in [0.25, 0.3) is 0 Å². The van der Waals surface area contributed by atoms with Crippen molar-refractivity contribution in [2.24, 2.45) is 10.9 Å². The van der Waals surface area contributed by atoms with Gasteiger partial charge in [0.15, 0.2) is 10.7 Å². The summed E-state index contributed by atoms with van der Waals surface area (Å²) >= 11 is 3.24. The second kappa shape index (κ2) is 4.27. The van der Waals surface area contributed by atoms with Gasteiger partial charge in [0.2, 0.25) is 0 Å². The molecule has 0 bridgehead atoms. The van der Waals surface area contributed by atoms with Gasteiger partial charge in [0, 0.05) is 6.21 Å². The molecule has 0 aromatic heterocycles. The Morgan fingerprint density at radius 1 is 1.33 bits per heavy atom. The molecule has 0 fully saturated rings. The van der Waals surface area contributed by atoms with E-state index in [2.05, 4.69) is 27.8 Å². The minimum Gasteiger partial charge on any atom is -0.296 e. The number of aliphatic imine (C=N–C) groups is 1. The summed E-state index contributed by atoms with van der Waals surface area (Å²) < 4.78 is 0. The summed E-state index contributed by atoms with van der Waals surface area (Å²) in [6.45, 7) is 2.06. The molecule has 1 heterocycles. The Balaban J connectivity index is 2.20. The van der Waals surface area contributed by atoms with E-state index >= 15 is 0 Å². The molecule has 0 N–H and O–H groups in total. The third kappa shape index (κ3) is 2.02. The number of carbonyl (C=O) groups excluding carboxylic acids is 1. The van der Waals surface area contributed by atoms with E-state index in [0.717, 1.165) is 0 Å². The van der Waals surface area contributed by atoms with Gasteiger partial charge < -0.3 is 0 Å². The molecule has 0 amide bonds. The van der Waals surface area contributed by atoms with Crippen LogP contribution < -0.4 is 0 Å². The summed E-state index contributed by atoms with van der Waals surface area (Å²) in [7, 11) is 0. The number of alkyl halides is 1. The van der Waals surface area contributed by atoms with Crippen molar-refractivity contribution in [3.63, 3.8) is 0 Å². The molecule has 0 saturated carbocycles. The van der Waals surface area contributed by atoms with Gasteiger partial charge in [-0.1, -0.05) is 53.2 Å². The number of benzene rings is 1. The van der Waals surface area contributed by atoms with Crippen LogP contribution in [0.3, 0.4) is 0 Å². The molecular weight excluding hydrogens is 254 g/mol. The van der Waals surface area contributed by atoms with Crippen molar-refractivity contribution in [3.05, 3.63) is 35.9 Å². The van der Waals surface area contributed by atoms with Crippen LogP contribution in [0.15, 0.2) is 35.3 Å². The van der Waals surface area contributed by atoms with Crippen LogP contribution in [0, 0.1) is 5.92 Å². The molecule has 2 nitrogen and oxygen atoms in total. The van der Waals surface area contributed by atoms with Crippen molar-refractivity contribution < 1.29 is 4.79 Å². The van der Waals surface area contributed by atoms with E-state index in [4.69, 9.17) is 0 Å². The number of ketones is 1. The predicted molar refractivity (Wildman–Crippen MR) is 64.6 cm³/mol. The lowest BCUT2D eigenvalue weighted by Crippen LogP contribution is -2.21. The minimum atomic E-state index is -0.339. The topological polar surface area (TPSA) is 29.4 Å². The first-order valence-corrected chi connectivity index (χ1v) is 5.88. The molecule has 1 aromatic rings. The van der Waals surface area contributed by atoms with Crippen molar-refractivity contribution in [1.82, 2.24) is 0 Å². The maximum atomic E-state index is 11.7. The molecule has 15 heavy (non-hydrogen) atoms. The highest BCUT2D eigenvalue weighted by atomic mass is 79.9. The van der Waals surface area contributed by atoms with Gasteiger partial charge in [0.1, 0.15) is 0 Å². The number of hydrogen-bond acceptors (Lipinski definition) is 2. The summed E-state index contributed by atoms with van der Waals surface area (Å²) in [4.78, 5) is 15.5. The molecule has 3 heteroatoms. The largest absolute Gasteiger partial charge is 0.296 e. The average Bonchev–Trinajstić information content (AvgIpc) is 2.60. The van der Waals surface area contributed by atoms with Crippen LogP contribution in [-0.2, 0) is 4.79 Å². The smallest absolute Gasteiger partial charge is 0.177 e. The fourth-order valence-electron chi connectivity index (χ4n) is 1.81. The zero-order chi connectivity index (χ0) is 10.8. The molecule has 0 aliphatic carbocycles. The second-order valence-corrected chi connectivity index (χ2v) is 4.63. The molecule has 1 aliphatic heterocycles. The summed E-state index contributed by atoms with van der Waals surface area (Å²) in [5.74, 6) is 0.271. The fourth-order valence-corrected chi connectivity index (χ4v) is 2.26. The van der Waals surface area contributed by atoms with Crippen LogP contribution in [0.5, 0.6) is 0 Å². The van der Waals surface area contributed by atoms with Crippen LogP contribution in [-0.4, -0.2) is 16.9 Å². The summed E-state index contributed by atoms with van der Waals surface area (Å²) in [5, 5.41) is 0. The summed E-state index contributed by atoms with van der Waals surface area (Å²) in [6.07, 6.45) is 1.76. The van der Waals surface area contributed by atoms with Gasteiger partial charge in [-0.2, -0.15) is 0 Å². The molecule has 78 valence electrons. The van der Waals surface area contributed by atoms with Crippen molar-refractivity contribution in [2.75, 3.05) is 0 Å². The van der Waals surface area contributed by atoms with Crippen molar-refractivity contribution >= 4 is 27.9 Å². The summed E-state index contributed by atoms with van der Waals surface area (Å²) in [6, 6.07) is 10.1. The average molecular weight is 266 g/mol. The molecule has 1 aromatic carbocycles. The zero-order valence-electron chi connectivity index (χ0n) is 8.43. The maximum absolute atomic E-state index is 11.7. The molecule has 2 rings (SSSR count). The number of hydrogen-bond donors (Lipinski definition) is 0. The minimum absolute atomic E-state index is 0.0863. The van der Waals surface area contributed by atoms with E-state index in [0.29, 0.717) is 0 Å². The number of rotatable bonds is 2. The highest BCUT2D eigenvalue weighted by Gasteiger charge is 2.33. The first-order valence-electron chi connectivity index (χ1n) is 4.96. The normalized spacial score (nSPS) is 26.9. The lowest BCUT2D eigenvalue weighted by Gasteiger charge is -2.16. The lowest BCUT2D eigenvalue weighted by atomic mass is 9.87. The molecule has 0 saturated heterocycles. The van der Waals surface area contributed by atoms with Crippen molar-refractivity contribution in [1.29, 1.82) is 0 Å². The second-order valence-electron chi connectivity index (χ2n) is 3.76. The van der Waals surface area contributed by atoms with Crippen LogP contribution >= 0.6 is 15.9 Å². The van der Waals surface area contributed by atoms with E-state index < -0.39 is 0 Å². The van der Waals surface area contributed by atoms with Gasteiger partial charge in [0.25, 0.3) is 0 Å². The Morgan fingerprint density at radius 3 is 2.53 bits per heavy atom. The van der Waals surface area contributed by atoms with Crippen LogP contribution in [0.2, 0.25) is 0 Å². The van der Waals surface area contributed by atoms with Crippen molar-refractivity contribution in [3.8, 4) is 0 Å². The number of nitrogens with zero attached hydrogens (tertiary/aromatic N) is 1. The monoisotopic (exact) mass is 265 g/mol. The first-order chi connectivity index (χ1) is 7.20. The lowest BCUT2D eigenvalue weighted by molar-refractivity contribution is -0.119. The molecule has 1 aliphatic rings. The van der Waals surface area contributed by atoms with Crippen LogP contribution in [0.1, 0.15) is 18.4 Å². The van der Waals surface area contributed by atoms with E-state index in [1.165, 1.54) is 5.56 Å². The Hall–Kier alpha value is -0.960. The number of halogens is 1. The first kappa shape index (κ1) is 10.6.